The second-order valence-electron chi connectivity index (χ2n) is 4.80. The fourth-order valence-corrected chi connectivity index (χ4v) is 2.13. The van der Waals surface area contributed by atoms with Crippen molar-refractivity contribution in [2.24, 2.45) is 0 Å². The van der Waals surface area contributed by atoms with Gasteiger partial charge in [-0.05, 0) is 36.8 Å². The number of anilines is 1. The summed E-state index contributed by atoms with van der Waals surface area (Å²) in [6.07, 6.45) is 7.00. The molecular weight excluding hydrogens is 267 g/mol. The van der Waals surface area contributed by atoms with Crippen LogP contribution in [0.3, 0.4) is 0 Å². The Labute approximate surface area is 122 Å². The molecule has 2 heterocycles. The van der Waals surface area contributed by atoms with Crippen LogP contribution in [-0.2, 0) is 0 Å². The Kier molecular flexibility index (Phi) is 3.64. The van der Waals surface area contributed by atoms with Gasteiger partial charge in [0, 0.05) is 18.4 Å². The standard InChI is InChI=1S/C16H15FN4/c1-12(13-3-2-4-14(17)9-13)20-15-5-6-16(19-10-15)21-8-7-18-11-21/h2-12,20H,1H3. The monoisotopic (exact) mass is 282 g/mol. The van der Waals surface area contributed by atoms with Crippen molar-refractivity contribution in [1.82, 2.24) is 14.5 Å². The predicted octanol–water partition coefficient (Wildman–Crippen LogP) is 3.58. The molecule has 0 saturated heterocycles. The molecule has 0 spiro atoms. The Morgan fingerprint density at radius 2 is 2.14 bits per heavy atom. The average molecular weight is 282 g/mol. The largest absolute Gasteiger partial charge is 0.377 e. The summed E-state index contributed by atoms with van der Waals surface area (Å²) in [5.74, 6) is 0.575. The maximum absolute atomic E-state index is 13.2. The van der Waals surface area contributed by atoms with Gasteiger partial charge in [0.25, 0.3) is 0 Å². The van der Waals surface area contributed by atoms with Gasteiger partial charge in [0.05, 0.1) is 11.9 Å². The van der Waals surface area contributed by atoms with Gasteiger partial charge in [-0.15, -0.1) is 0 Å². The summed E-state index contributed by atoms with van der Waals surface area (Å²) in [6, 6.07) is 10.4. The lowest BCUT2D eigenvalue weighted by atomic mass is 10.1. The second kappa shape index (κ2) is 5.75. The zero-order chi connectivity index (χ0) is 14.7. The van der Waals surface area contributed by atoms with Crippen molar-refractivity contribution in [2.75, 3.05) is 5.32 Å². The number of nitrogens with one attached hydrogen (secondary N) is 1. The first-order valence-electron chi connectivity index (χ1n) is 6.69. The molecule has 0 amide bonds. The Morgan fingerprint density at radius 3 is 2.81 bits per heavy atom. The molecule has 0 saturated carbocycles. The summed E-state index contributed by atoms with van der Waals surface area (Å²) in [5.41, 5.74) is 1.78. The van der Waals surface area contributed by atoms with E-state index in [1.54, 1.807) is 24.8 Å². The molecule has 0 aliphatic carbocycles. The van der Waals surface area contributed by atoms with Gasteiger partial charge in [-0.1, -0.05) is 12.1 Å². The molecule has 106 valence electrons. The van der Waals surface area contributed by atoms with E-state index in [0.29, 0.717) is 0 Å². The summed E-state index contributed by atoms with van der Waals surface area (Å²) in [5, 5.41) is 3.30. The van der Waals surface area contributed by atoms with Gasteiger partial charge in [0.15, 0.2) is 0 Å². The lowest BCUT2D eigenvalue weighted by molar-refractivity contribution is 0.623. The molecule has 1 atom stereocenters. The van der Waals surface area contributed by atoms with Gasteiger partial charge in [0.2, 0.25) is 0 Å². The zero-order valence-corrected chi connectivity index (χ0v) is 11.6. The highest BCUT2D eigenvalue weighted by molar-refractivity contribution is 5.45. The number of aromatic nitrogens is 3. The number of rotatable bonds is 4. The van der Waals surface area contributed by atoms with E-state index in [1.165, 1.54) is 12.1 Å². The summed E-state index contributed by atoms with van der Waals surface area (Å²) in [4.78, 5) is 8.36. The Bertz CT molecular complexity index is 707. The van der Waals surface area contributed by atoms with Crippen molar-refractivity contribution >= 4 is 5.69 Å². The van der Waals surface area contributed by atoms with Crippen LogP contribution in [0.15, 0.2) is 61.3 Å². The van der Waals surface area contributed by atoms with Crippen LogP contribution >= 0.6 is 0 Å². The zero-order valence-electron chi connectivity index (χ0n) is 11.6. The van der Waals surface area contributed by atoms with E-state index < -0.39 is 0 Å². The number of imidazole rings is 1. The molecule has 3 rings (SSSR count). The Hall–Kier alpha value is -2.69. The first kappa shape index (κ1) is 13.3. The summed E-state index contributed by atoms with van der Waals surface area (Å²) in [7, 11) is 0. The first-order valence-corrected chi connectivity index (χ1v) is 6.69. The summed E-state index contributed by atoms with van der Waals surface area (Å²) < 4.78 is 15.1. The fraction of sp³-hybridized carbons (Fsp3) is 0.125. The van der Waals surface area contributed by atoms with Gasteiger partial charge >= 0.3 is 0 Å². The van der Waals surface area contributed by atoms with Gasteiger partial charge in [0.1, 0.15) is 18.0 Å². The van der Waals surface area contributed by atoms with Crippen molar-refractivity contribution in [2.45, 2.75) is 13.0 Å². The number of benzene rings is 1. The normalized spacial score (nSPS) is 12.1. The maximum atomic E-state index is 13.2. The second-order valence-corrected chi connectivity index (χ2v) is 4.80. The van der Waals surface area contributed by atoms with Crippen molar-refractivity contribution in [3.63, 3.8) is 0 Å². The lowest BCUT2D eigenvalue weighted by Crippen LogP contribution is -2.07. The van der Waals surface area contributed by atoms with Crippen LogP contribution in [0.5, 0.6) is 0 Å². The molecular formula is C16H15FN4. The van der Waals surface area contributed by atoms with Crippen LogP contribution in [-0.4, -0.2) is 14.5 Å². The predicted molar refractivity (Wildman–Crippen MR) is 79.8 cm³/mol. The SMILES string of the molecule is CC(Nc1ccc(-n2ccnc2)nc1)c1cccc(F)c1. The fourth-order valence-electron chi connectivity index (χ4n) is 2.13. The van der Waals surface area contributed by atoms with E-state index in [2.05, 4.69) is 15.3 Å². The van der Waals surface area contributed by atoms with Crippen molar-refractivity contribution in [1.29, 1.82) is 0 Å². The molecule has 0 fully saturated rings. The molecule has 0 aliphatic heterocycles. The van der Waals surface area contributed by atoms with Crippen LogP contribution in [0.2, 0.25) is 0 Å². The molecule has 2 aromatic heterocycles. The Morgan fingerprint density at radius 1 is 1.24 bits per heavy atom. The number of hydrogen-bond acceptors (Lipinski definition) is 3. The quantitative estimate of drug-likeness (QED) is 0.795. The minimum absolute atomic E-state index is 0.00148. The van der Waals surface area contributed by atoms with Gasteiger partial charge in [-0.2, -0.15) is 0 Å². The van der Waals surface area contributed by atoms with Crippen LogP contribution in [0.4, 0.5) is 10.1 Å². The molecule has 0 radical (unpaired) electrons. The molecule has 1 aromatic carbocycles. The summed E-state index contributed by atoms with van der Waals surface area (Å²) in [6.45, 7) is 1.98. The van der Waals surface area contributed by atoms with Crippen LogP contribution in [0.1, 0.15) is 18.5 Å². The van der Waals surface area contributed by atoms with Crippen LogP contribution < -0.4 is 5.32 Å². The van der Waals surface area contributed by atoms with E-state index in [0.717, 1.165) is 17.1 Å². The molecule has 5 heteroatoms. The third kappa shape index (κ3) is 3.08. The topological polar surface area (TPSA) is 42.7 Å². The van der Waals surface area contributed by atoms with Crippen molar-refractivity contribution < 1.29 is 4.39 Å². The highest BCUT2D eigenvalue weighted by Crippen LogP contribution is 2.19. The highest BCUT2D eigenvalue weighted by Gasteiger charge is 2.06. The van der Waals surface area contributed by atoms with E-state index >= 15 is 0 Å². The molecule has 0 bridgehead atoms. The maximum Gasteiger partial charge on any atom is 0.137 e. The summed E-state index contributed by atoms with van der Waals surface area (Å²) >= 11 is 0. The van der Waals surface area contributed by atoms with Gasteiger partial charge in [-0.25, -0.2) is 14.4 Å². The van der Waals surface area contributed by atoms with E-state index in [1.807, 2.05) is 35.9 Å². The van der Waals surface area contributed by atoms with E-state index in [9.17, 15) is 4.39 Å². The smallest absolute Gasteiger partial charge is 0.137 e. The first-order chi connectivity index (χ1) is 10.2. The van der Waals surface area contributed by atoms with E-state index in [-0.39, 0.29) is 11.9 Å². The number of pyridine rings is 1. The molecule has 3 aromatic rings. The van der Waals surface area contributed by atoms with Gasteiger partial charge < -0.3 is 5.32 Å². The third-order valence-electron chi connectivity index (χ3n) is 3.25. The van der Waals surface area contributed by atoms with Crippen LogP contribution in [0.25, 0.3) is 5.82 Å². The third-order valence-corrected chi connectivity index (χ3v) is 3.25. The number of halogens is 1. The van der Waals surface area contributed by atoms with E-state index in [4.69, 9.17) is 0 Å². The molecule has 1 unspecified atom stereocenters. The molecule has 21 heavy (non-hydrogen) atoms. The highest BCUT2D eigenvalue weighted by atomic mass is 19.1. The number of nitrogens with zero attached hydrogens (tertiary/aromatic N) is 3. The number of hydrogen-bond donors (Lipinski definition) is 1. The van der Waals surface area contributed by atoms with Crippen molar-refractivity contribution in [3.05, 3.63) is 72.7 Å². The van der Waals surface area contributed by atoms with Crippen LogP contribution in [0, 0.1) is 5.82 Å². The minimum Gasteiger partial charge on any atom is -0.377 e. The van der Waals surface area contributed by atoms with Gasteiger partial charge in [-0.3, -0.25) is 4.57 Å². The molecule has 0 aliphatic rings. The average Bonchev–Trinajstić information content (AvgIpc) is 3.02. The Balaban J connectivity index is 1.73. The molecule has 1 N–H and O–H groups in total. The minimum atomic E-state index is -0.227. The lowest BCUT2D eigenvalue weighted by Gasteiger charge is -2.15. The van der Waals surface area contributed by atoms with Crippen molar-refractivity contribution in [3.8, 4) is 5.82 Å². The molecule has 4 nitrogen and oxygen atoms in total.